The van der Waals surface area contributed by atoms with Crippen LogP contribution < -0.4 is 15.5 Å². The van der Waals surface area contributed by atoms with Crippen LogP contribution in [0, 0.1) is 13.8 Å². The number of likely N-dealkylation sites (tertiary alicyclic amines) is 1. The largest absolute Gasteiger partial charge is 0.359 e. The molecule has 0 spiro atoms. The first kappa shape index (κ1) is 15.3. The first-order chi connectivity index (χ1) is 9.58. The molecule has 0 bridgehead atoms. The number of aryl methyl sites for hydroxylation is 2. The van der Waals surface area contributed by atoms with E-state index in [9.17, 15) is 0 Å². The molecule has 0 aromatic heterocycles. The summed E-state index contributed by atoms with van der Waals surface area (Å²) in [6, 6.07) is 6.92. The third-order valence-electron chi connectivity index (χ3n) is 4.17. The van der Waals surface area contributed by atoms with Gasteiger partial charge in [0.05, 0.1) is 19.6 Å². The van der Waals surface area contributed by atoms with Gasteiger partial charge in [-0.25, -0.2) is 0 Å². The Kier molecular flexibility index (Phi) is 5.38. The summed E-state index contributed by atoms with van der Waals surface area (Å²) in [5.41, 5.74) is 3.59. The Morgan fingerprint density at radius 3 is 2.65 bits per heavy atom. The minimum Gasteiger partial charge on any atom is -0.359 e. The lowest BCUT2D eigenvalue weighted by Gasteiger charge is -2.29. The summed E-state index contributed by atoms with van der Waals surface area (Å²) in [4.78, 5) is 1.71. The highest BCUT2D eigenvalue weighted by Gasteiger charge is 2.21. The van der Waals surface area contributed by atoms with Crippen molar-refractivity contribution < 1.29 is 4.90 Å². The smallest absolute Gasteiger partial charge is 0.171 e. The van der Waals surface area contributed by atoms with Crippen molar-refractivity contribution in [3.8, 4) is 0 Å². The van der Waals surface area contributed by atoms with Crippen molar-refractivity contribution in [2.75, 3.05) is 25.0 Å². The van der Waals surface area contributed by atoms with E-state index in [1.54, 1.807) is 4.90 Å². The van der Waals surface area contributed by atoms with Gasteiger partial charge in [-0.3, -0.25) is 0 Å². The number of thiocarbonyl (C=S) groups is 1. The van der Waals surface area contributed by atoms with Gasteiger partial charge in [0.2, 0.25) is 0 Å². The Labute approximate surface area is 127 Å². The number of piperidine rings is 1. The molecule has 0 atom stereocenters. The monoisotopic (exact) mass is 292 g/mol. The van der Waals surface area contributed by atoms with Crippen LogP contribution in [0.15, 0.2) is 18.2 Å². The van der Waals surface area contributed by atoms with Crippen LogP contribution in [0.25, 0.3) is 0 Å². The molecule has 110 valence electrons. The van der Waals surface area contributed by atoms with Gasteiger partial charge >= 0.3 is 0 Å². The number of benzene rings is 1. The molecular formula is C16H26N3S+. The maximum absolute atomic E-state index is 5.45. The van der Waals surface area contributed by atoms with Crippen LogP contribution in [0.5, 0.6) is 0 Å². The zero-order chi connectivity index (χ0) is 14.5. The number of quaternary nitrogens is 1. The molecular weight excluding hydrogens is 266 g/mol. The molecule has 1 aromatic rings. The molecule has 0 saturated carbocycles. The molecule has 0 unspecified atom stereocenters. The molecule has 1 saturated heterocycles. The molecule has 1 aromatic carbocycles. The van der Waals surface area contributed by atoms with Gasteiger partial charge < -0.3 is 15.5 Å². The Bertz CT molecular complexity index is 465. The second-order valence-corrected chi connectivity index (χ2v) is 6.20. The molecule has 1 heterocycles. The maximum Gasteiger partial charge on any atom is 0.171 e. The molecule has 2 rings (SSSR count). The summed E-state index contributed by atoms with van der Waals surface area (Å²) in [5.74, 6) is 0. The van der Waals surface area contributed by atoms with E-state index in [4.69, 9.17) is 12.2 Å². The second-order valence-electron chi connectivity index (χ2n) is 5.79. The quantitative estimate of drug-likeness (QED) is 0.740. The number of anilines is 1. The molecule has 3 N–H and O–H groups in total. The molecule has 0 amide bonds. The number of hydrogen-bond donors (Lipinski definition) is 3. The van der Waals surface area contributed by atoms with E-state index in [0.29, 0.717) is 6.04 Å². The first-order valence-electron chi connectivity index (χ1n) is 7.57. The van der Waals surface area contributed by atoms with Crippen LogP contribution >= 0.6 is 12.2 Å². The van der Waals surface area contributed by atoms with Gasteiger partial charge in [-0.05, 0) is 50.2 Å². The van der Waals surface area contributed by atoms with Gasteiger partial charge in [-0.1, -0.05) is 12.1 Å². The van der Waals surface area contributed by atoms with E-state index in [2.05, 4.69) is 49.6 Å². The van der Waals surface area contributed by atoms with Gasteiger partial charge in [0, 0.05) is 24.6 Å². The van der Waals surface area contributed by atoms with Gasteiger partial charge in [-0.2, -0.15) is 0 Å². The summed E-state index contributed by atoms with van der Waals surface area (Å²) in [7, 11) is 0. The lowest BCUT2D eigenvalue weighted by molar-refractivity contribution is -0.903. The molecule has 1 aliphatic heterocycles. The standard InChI is InChI=1S/C16H25N3S/c1-4-19-9-7-14(8-10-19)17-16(20)18-15-11-12(2)5-6-13(15)3/h5-6,11,14H,4,7-10H2,1-3H3,(H2,17,18,20)/p+1. The van der Waals surface area contributed by atoms with Crippen LogP contribution in [-0.2, 0) is 0 Å². The Morgan fingerprint density at radius 1 is 1.30 bits per heavy atom. The SMILES string of the molecule is CC[NH+]1CCC(NC(=S)Nc2cc(C)ccc2C)CC1. The van der Waals surface area contributed by atoms with E-state index in [1.165, 1.54) is 43.6 Å². The Morgan fingerprint density at radius 2 is 2.00 bits per heavy atom. The average Bonchev–Trinajstić information content (AvgIpc) is 2.43. The second kappa shape index (κ2) is 7.04. The van der Waals surface area contributed by atoms with E-state index in [1.807, 2.05) is 0 Å². The van der Waals surface area contributed by atoms with Gasteiger partial charge in [0.1, 0.15) is 0 Å². The van der Waals surface area contributed by atoms with E-state index >= 15 is 0 Å². The van der Waals surface area contributed by atoms with Crippen molar-refractivity contribution in [2.45, 2.75) is 39.7 Å². The summed E-state index contributed by atoms with van der Waals surface area (Å²) in [6.45, 7) is 10.2. The molecule has 20 heavy (non-hydrogen) atoms. The highest BCUT2D eigenvalue weighted by atomic mass is 32.1. The first-order valence-corrected chi connectivity index (χ1v) is 7.97. The lowest BCUT2D eigenvalue weighted by Crippen LogP contribution is -3.13. The zero-order valence-corrected chi connectivity index (χ0v) is 13.6. The predicted molar refractivity (Wildman–Crippen MR) is 89.5 cm³/mol. The minimum absolute atomic E-state index is 0.524. The molecule has 4 heteroatoms. The van der Waals surface area contributed by atoms with E-state index in [0.717, 1.165) is 10.8 Å². The molecule has 1 fully saturated rings. The topological polar surface area (TPSA) is 28.5 Å². The van der Waals surface area contributed by atoms with Crippen LogP contribution in [-0.4, -0.2) is 30.8 Å². The van der Waals surface area contributed by atoms with Crippen molar-refractivity contribution in [2.24, 2.45) is 0 Å². The Hall–Kier alpha value is -1.13. The maximum atomic E-state index is 5.45. The van der Waals surface area contributed by atoms with Crippen LogP contribution in [0.1, 0.15) is 30.9 Å². The van der Waals surface area contributed by atoms with Crippen molar-refractivity contribution in [3.05, 3.63) is 29.3 Å². The van der Waals surface area contributed by atoms with Gasteiger partial charge in [0.25, 0.3) is 0 Å². The summed E-state index contributed by atoms with van der Waals surface area (Å²) >= 11 is 5.45. The third-order valence-corrected chi connectivity index (χ3v) is 4.39. The summed E-state index contributed by atoms with van der Waals surface area (Å²) in [6.07, 6.45) is 2.41. The van der Waals surface area contributed by atoms with Crippen molar-refractivity contribution >= 4 is 23.0 Å². The zero-order valence-electron chi connectivity index (χ0n) is 12.8. The highest BCUT2D eigenvalue weighted by molar-refractivity contribution is 7.80. The number of hydrogen-bond acceptors (Lipinski definition) is 1. The average molecular weight is 292 g/mol. The highest BCUT2D eigenvalue weighted by Crippen LogP contribution is 2.16. The van der Waals surface area contributed by atoms with Crippen molar-refractivity contribution in [1.82, 2.24) is 5.32 Å². The molecule has 0 radical (unpaired) electrons. The fourth-order valence-electron chi connectivity index (χ4n) is 2.74. The van der Waals surface area contributed by atoms with Crippen LogP contribution in [0.2, 0.25) is 0 Å². The minimum atomic E-state index is 0.524. The van der Waals surface area contributed by atoms with Gasteiger partial charge in [-0.15, -0.1) is 0 Å². The molecule has 3 nitrogen and oxygen atoms in total. The van der Waals surface area contributed by atoms with Gasteiger partial charge in [0.15, 0.2) is 5.11 Å². The fraction of sp³-hybridized carbons (Fsp3) is 0.562. The lowest BCUT2D eigenvalue weighted by atomic mass is 10.1. The summed E-state index contributed by atoms with van der Waals surface area (Å²) in [5, 5.41) is 7.56. The predicted octanol–water partition coefficient (Wildman–Crippen LogP) is 1.66. The third kappa shape index (κ3) is 4.18. The Balaban J connectivity index is 1.85. The molecule has 1 aliphatic rings. The normalized spacial score (nSPS) is 22.4. The molecule has 0 aliphatic carbocycles. The number of nitrogens with one attached hydrogen (secondary N) is 3. The van der Waals surface area contributed by atoms with Crippen molar-refractivity contribution in [1.29, 1.82) is 0 Å². The van der Waals surface area contributed by atoms with E-state index < -0.39 is 0 Å². The van der Waals surface area contributed by atoms with Crippen molar-refractivity contribution in [3.63, 3.8) is 0 Å². The summed E-state index contributed by atoms with van der Waals surface area (Å²) < 4.78 is 0. The van der Waals surface area contributed by atoms with Crippen LogP contribution in [0.3, 0.4) is 0 Å². The number of rotatable bonds is 3. The van der Waals surface area contributed by atoms with Crippen LogP contribution in [0.4, 0.5) is 5.69 Å². The van der Waals surface area contributed by atoms with E-state index in [-0.39, 0.29) is 0 Å². The fourth-order valence-corrected chi connectivity index (χ4v) is 3.01.